The van der Waals surface area contributed by atoms with E-state index in [1.54, 1.807) is 0 Å². The Morgan fingerprint density at radius 3 is 1.85 bits per heavy atom. The molecule has 0 amide bonds. The summed E-state index contributed by atoms with van der Waals surface area (Å²) in [4.78, 5) is 5.10. The zero-order chi connectivity index (χ0) is 25.8. The molecule has 1 aliphatic carbocycles. The fraction of sp³-hybridized carbons (Fsp3) is 0.0541. The van der Waals surface area contributed by atoms with E-state index in [9.17, 15) is 0 Å². The van der Waals surface area contributed by atoms with Gasteiger partial charge in [-0.05, 0) is 67.7 Å². The van der Waals surface area contributed by atoms with Gasteiger partial charge in [-0.25, -0.2) is 4.98 Å². The van der Waals surface area contributed by atoms with Gasteiger partial charge in [0.1, 0.15) is 5.82 Å². The highest BCUT2D eigenvalue weighted by Gasteiger charge is 2.16. The first-order valence-corrected chi connectivity index (χ1v) is 13.6. The molecule has 0 saturated carbocycles. The van der Waals surface area contributed by atoms with Crippen LogP contribution in [0.1, 0.15) is 0 Å². The van der Waals surface area contributed by atoms with Crippen molar-refractivity contribution >= 4 is 43.4 Å². The fourth-order valence-corrected chi connectivity index (χ4v) is 6.22. The summed E-state index contributed by atoms with van der Waals surface area (Å²) in [5.74, 6) is 1.40. The summed E-state index contributed by atoms with van der Waals surface area (Å²) >= 11 is 0. The van der Waals surface area contributed by atoms with Crippen LogP contribution in [0.3, 0.4) is 0 Å². The van der Waals surface area contributed by atoms with E-state index >= 15 is 0 Å². The van der Waals surface area contributed by atoms with Crippen LogP contribution in [0, 0.1) is 5.92 Å². The molecule has 7 aromatic rings. The Balaban J connectivity index is 1.30. The number of hydrogen-bond acceptors (Lipinski definition) is 1. The van der Waals surface area contributed by atoms with Gasteiger partial charge in [0.05, 0.1) is 11.0 Å². The van der Waals surface area contributed by atoms with Crippen molar-refractivity contribution < 1.29 is 0 Å². The third-order valence-electron chi connectivity index (χ3n) is 8.07. The van der Waals surface area contributed by atoms with Gasteiger partial charge < -0.3 is 4.57 Å². The fourth-order valence-electron chi connectivity index (χ4n) is 6.22. The molecule has 2 heteroatoms. The lowest BCUT2D eigenvalue weighted by atomic mass is 9.92. The van der Waals surface area contributed by atoms with E-state index < -0.39 is 0 Å². The molecule has 8 rings (SSSR count). The van der Waals surface area contributed by atoms with Crippen LogP contribution in [0.25, 0.3) is 65.9 Å². The summed E-state index contributed by atoms with van der Waals surface area (Å²) in [5, 5.41) is 7.79. The van der Waals surface area contributed by atoms with E-state index in [4.69, 9.17) is 4.98 Å². The minimum absolute atomic E-state index is 0.383. The van der Waals surface area contributed by atoms with Crippen LogP contribution in [-0.2, 0) is 6.54 Å². The van der Waals surface area contributed by atoms with E-state index in [2.05, 4.69) is 144 Å². The predicted molar refractivity (Wildman–Crippen MR) is 165 cm³/mol. The average Bonchev–Trinajstić information content (AvgIpc) is 3.66. The average molecular weight is 499 g/mol. The van der Waals surface area contributed by atoms with E-state index in [0.29, 0.717) is 5.92 Å². The molecule has 6 aromatic carbocycles. The Morgan fingerprint density at radius 1 is 0.513 bits per heavy atom. The van der Waals surface area contributed by atoms with E-state index in [-0.39, 0.29) is 0 Å². The van der Waals surface area contributed by atoms with Crippen molar-refractivity contribution in [3.05, 3.63) is 140 Å². The van der Waals surface area contributed by atoms with Crippen molar-refractivity contribution in [2.45, 2.75) is 6.54 Å². The molecule has 0 N–H and O–H groups in total. The second-order valence-corrected chi connectivity index (χ2v) is 10.4. The highest BCUT2D eigenvalue weighted by Crippen LogP contribution is 2.38. The molecule has 0 saturated heterocycles. The lowest BCUT2D eigenvalue weighted by Crippen LogP contribution is -2.07. The monoisotopic (exact) mass is 498 g/mol. The summed E-state index contributed by atoms with van der Waals surface area (Å²) < 4.78 is 2.37. The van der Waals surface area contributed by atoms with Crippen molar-refractivity contribution in [1.29, 1.82) is 0 Å². The van der Waals surface area contributed by atoms with Gasteiger partial charge in [0, 0.05) is 18.0 Å². The Hall–Kier alpha value is -4.95. The highest BCUT2D eigenvalue weighted by atomic mass is 15.1. The van der Waals surface area contributed by atoms with Crippen molar-refractivity contribution in [3.8, 4) is 22.5 Å². The van der Waals surface area contributed by atoms with Crippen LogP contribution in [0.5, 0.6) is 0 Å². The number of hydrogen-bond donors (Lipinski definition) is 0. The third kappa shape index (κ3) is 3.60. The molecular weight excluding hydrogens is 472 g/mol. The lowest BCUT2D eigenvalue weighted by Gasteiger charge is -2.14. The number of benzene rings is 6. The van der Waals surface area contributed by atoms with Gasteiger partial charge in [-0.2, -0.15) is 0 Å². The van der Waals surface area contributed by atoms with Gasteiger partial charge in [0.15, 0.2) is 0 Å². The van der Waals surface area contributed by atoms with Crippen molar-refractivity contribution in [1.82, 2.24) is 9.55 Å². The molecule has 0 spiro atoms. The number of allylic oxidation sites excluding steroid dienone is 4. The maximum Gasteiger partial charge on any atom is 0.141 e. The van der Waals surface area contributed by atoms with Crippen LogP contribution >= 0.6 is 0 Å². The van der Waals surface area contributed by atoms with Gasteiger partial charge >= 0.3 is 0 Å². The summed E-state index contributed by atoms with van der Waals surface area (Å²) in [6.45, 7) is 0.877. The van der Waals surface area contributed by atoms with E-state index in [1.165, 1.54) is 49.0 Å². The molecule has 0 fully saturated rings. The van der Waals surface area contributed by atoms with Crippen LogP contribution < -0.4 is 0 Å². The van der Waals surface area contributed by atoms with E-state index in [0.717, 1.165) is 23.4 Å². The van der Waals surface area contributed by atoms with Gasteiger partial charge in [-0.15, -0.1) is 0 Å². The minimum Gasteiger partial charge on any atom is -0.323 e. The molecule has 0 atom stereocenters. The zero-order valence-electron chi connectivity index (χ0n) is 21.5. The topological polar surface area (TPSA) is 17.8 Å². The van der Waals surface area contributed by atoms with Crippen LogP contribution in [0.4, 0.5) is 0 Å². The van der Waals surface area contributed by atoms with Crippen molar-refractivity contribution in [2.75, 3.05) is 0 Å². The Labute approximate surface area is 227 Å². The third-order valence-corrected chi connectivity index (χ3v) is 8.07. The molecule has 1 aliphatic rings. The molecule has 2 nitrogen and oxygen atoms in total. The lowest BCUT2D eigenvalue weighted by molar-refractivity contribution is 0.640. The molecule has 39 heavy (non-hydrogen) atoms. The minimum atomic E-state index is 0.383. The van der Waals surface area contributed by atoms with Gasteiger partial charge in [-0.3, -0.25) is 0 Å². The first-order valence-electron chi connectivity index (χ1n) is 13.6. The Bertz CT molecular complexity index is 2060. The molecule has 1 aromatic heterocycles. The molecule has 0 radical (unpaired) electrons. The summed E-state index contributed by atoms with van der Waals surface area (Å²) in [7, 11) is 0. The van der Waals surface area contributed by atoms with Crippen molar-refractivity contribution in [3.63, 3.8) is 0 Å². The number of rotatable bonds is 4. The van der Waals surface area contributed by atoms with Gasteiger partial charge in [-0.1, -0.05) is 115 Å². The summed E-state index contributed by atoms with van der Waals surface area (Å²) in [6.07, 6.45) is 8.80. The number of fused-ring (bicyclic) bond motifs is 7. The number of aromatic nitrogens is 2. The molecule has 1 heterocycles. The molecule has 0 bridgehead atoms. The molecule has 184 valence electrons. The predicted octanol–water partition coefficient (Wildman–Crippen LogP) is 9.57. The quantitative estimate of drug-likeness (QED) is 0.221. The SMILES string of the molecule is C1=CC(Cn2c(-c3cccc(-c4ccc5c6ccccc6c6ccccc6c5c4)c3)nc3ccccc32)C=C1. The van der Waals surface area contributed by atoms with Crippen LogP contribution in [0.15, 0.2) is 140 Å². The smallest absolute Gasteiger partial charge is 0.141 e. The number of nitrogens with zero attached hydrogens (tertiary/aromatic N) is 2. The van der Waals surface area contributed by atoms with Gasteiger partial charge in [0.2, 0.25) is 0 Å². The molecule has 0 aliphatic heterocycles. The number of imidazole rings is 1. The molecular formula is C37H26N2. The standard InChI is InChI=1S/C37H26N2/c1-2-11-25(10-1)24-39-36-19-8-7-18-35(36)38-37(39)28-13-9-12-26(22-28)27-20-21-33-31-16-4-3-14-29(31)30-15-5-6-17-32(30)34(33)23-27/h1-23,25H,24H2. The van der Waals surface area contributed by atoms with E-state index in [1.807, 2.05) is 0 Å². The second-order valence-electron chi connectivity index (χ2n) is 10.4. The first kappa shape index (κ1) is 22.1. The Morgan fingerprint density at radius 2 is 1.10 bits per heavy atom. The Kier molecular flexibility index (Phi) is 4.99. The summed E-state index contributed by atoms with van der Waals surface area (Å²) in [5.41, 5.74) is 5.77. The number of para-hydroxylation sites is 2. The second kappa shape index (κ2) is 8.82. The van der Waals surface area contributed by atoms with Crippen LogP contribution in [-0.4, -0.2) is 9.55 Å². The van der Waals surface area contributed by atoms with Gasteiger partial charge in [0.25, 0.3) is 0 Å². The zero-order valence-corrected chi connectivity index (χ0v) is 21.5. The maximum absolute atomic E-state index is 5.10. The highest BCUT2D eigenvalue weighted by molar-refractivity contribution is 6.25. The van der Waals surface area contributed by atoms with Crippen molar-refractivity contribution in [2.24, 2.45) is 5.92 Å². The normalized spacial score (nSPS) is 13.4. The van der Waals surface area contributed by atoms with Crippen LogP contribution in [0.2, 0.25) is 0 Å². The largest absolute Gasteiger partial charge is 0.323 e. The first-order chi connectivity index (χ1) is 19.3. The molecule has 0 unspecified atom stereocenters. The maximum atomic E-state index is 5.10. The summed E-state index contributed by atoms with van der Waals surface area (Å²) in [6, 6.07) is 41.7.